The zero-order valence-corrected chi connectivity index (χ0v) is 12.8. The van der Waals surface area contributed by atoms with Crippen LogP contribution in [0.5, 0.6) is 5.75 Å². The Morgan fingerprint density at radius 2 is 1.74 bits per heavy atom. The Bertz CT molecular complexity index is 642. The van der Waals surface area contributed by atoms with Gasteiger partial charge in [0.25, 0.3) is 11.8 Å². The maximum Gasteiger partial charge on any atom is 0.273 e. The number of nitrogens with zero attached hydrogens (tertiary/aromatic N) is 1. The number of methoxy groups -OCH3 is 1. The second kappa shape index (κ2) is 6.91. The number of benzene rings is 1. The minimum atomic E-state index is -0.990. The van der Waals surface area contributed by atoms with E-state index < -0.39 is 29.7 Å². The van der Waals surface area contributed by atoms with Crippen molar-refractivity contribution in [2.45, 2.75) is 25.8 Å². The third-order valence-electron chi connectivity index (χ3n) is 3.51. The van der Waals surface area contributed by atoms with E-state index >= 15 is 0 Å². The molecular weight excluding hydrogens is 302 g/mol. The smallest absolute Gasteiger partial charge is 0.273 e. The molecule has 0 radical (unpaired) electrons. The van der Waals surface area contributed by atoms with Crippen LogP contribution in [0.4, 0.5) is 0 Å². The van der Waals surface area contributed by atoms with Crippen molar-refractivity contribution in [2.24, 2.45) is 0 Å². The molecule has 8 heteroatoms. The standard InChI is InChI=1S/C15H17N3O5/c1-9(18-12(19)7-8-13(18)20)14(21)16-17-15(22)10-5-3-4-6-11(10)23-2/h3-6,9H,7-8H2,1-2H3,(H,16,21)(H,17,22). The molecule has 1 heterocycles. The van der Waals surface area contributed by atoms with Crippen molar-refractivity contribution in [3.8, 4) is 5.75 Å². The molecule has 0 spiro atoms. The molecule has 8 nitrogen and oxygen atoms in total. The van der Waals surface area contributed by atoms with Gasteiger partial charge in [-0.3, -0.25) is 34.9 Å². The Hall–Kier alpha value is -2.90. The summed E-state index contributed by atoms with van der Waals surface area (Å²) in [6, 6.07) is 5.53. The van der Waals surface area contributed by atoms with Crippen molar-refractivity contribution < 1.29 is 23.9 Å². The average Bonchev–Trinajstić information content (AvgIpc) is 2.90. The molecule has 4 amide bonds. The molecule has 2 N–H and O–H groups in total. The quantitative estimate of drug-likeness (QED) is 0.600. The maximum atomic E-state index is 12.0. The number of likely N-dealkylation sites (tertiary alicyclic amines) is 1. The fourth-order valence-electron chi connectivity index (χ4n) is 2.27. The fourth-order valence-corrected chi connectivity index (χ4v) is 2.27. The molecule has 1 aliphatic rings. The lowest BCUT2D eigenvalue weighted by Gasteiger charge is -2.21. The number of carbonyl (C=O) groups excluding carboxylic acids is 4. The number of hydrogen-bond acceptors (Lipinski definition) is 5. The summed E-state index contributed by atoms with van der Waals surface area (Å²) in [6.45, 7) is 1.42. The summed E-state index contributed by atoms with van der Waals surface area (Å²) in [5.74, 6) is -1.65. The van der Waals surface area contributed by atoms with Crippen LogP contribution in [-0.4, -0.2) is 41.7 Å². The first-order chi connectivity index (χ1) is 11.0. The third-order valence-corrected chi connectivity index (χ3v) is 3.51. The van der Waals surface area contributed by atoms with Crippen LogP contribution >= 0.6 is 0 Å². The monoisotopic (exact) mass is 319 g/mol. The predicted octanol–water partition coefficient (Wildman–Crippen LogP) is -0.00630. The predicted molar refractivity (Wildman–Crippen MR) is 79.2 cm³/mol. The van der Waals surface area contributed by atoms with Crippen molar-refractivity contribution in [1.29, 1.82) is 0 Å². The molecule has 23 heavy (non-hydrogen) atoms. The molecule has 1 fully saturated rings. The van der Waals surface area contributed by atoms with Gasteiger partial charge >= 0.3 is 0 Å². The van der Waals surface area contributed by atoms with Crippen LogP contribution in [0.3, 0.4) is 0 Å². The van der Waals surface area contributed by atoms with Crippen LogP contribution in [0.1, 0.15) is 30.1 Å². The molecule has 2 rings (SSSR count). The van der Waals surface area contributed by atoms with E-state index in [4.69, 9.17) is 4.74 Å². The van der Waals surface area contributed by atoms with Crippen LogP contribution in [0.15, 0.2) is 24.3 Å². The second-order valence-electron chi connectivity index (χ2n) is 4.98. The summed E-state index contributed by atoms with van der Waals surface area (Å²) < 4.78 is 5.06. The van der Waals surface area contributed by atoms with Crippen molar-refractivity contribution in [1.82, 2.24) is 15.8 Å². The molecule has 0 bridgehead atoms. The topological polar surface area (TPSA) is 105 Å². The Kier molecular flexibility index (Phi) is 4.95. The zero-order valence-electron chi connectivity index (χ0n) is 12.8. The molecule has 0 saturated carbocycles. The van der Waals surface area contributed by atoms with Crippen LogP contribution in [0, 0.1) is 0 Å². The van der Waals surface area contributed by atoms with Gasteiger partial charge < -0.3 is 4.74 Å². The first kappa shape index (κ1) is 16.5. The van der Waals surface area contributed by atoms with Gasteiger partial charge in [-0.25, -0.2) is 0 Å². The van der Waals surface area contributed by atoms with E-state index in [0.717, 1.165) is 4.90 Å². The lowest BCUT2D eigenvalue weighted by Crippen LogP contribution is -2.52. The first-order valence-electron chi connectivity index (χ1n) is 7.03. The molecule has 0 aliphatic carbocycles. The summed E-state index contributed by atoms with van der Waals surface area (Å²) in [4.78, 5) is 48.2. The summed E-state index contributed by atoms with van der Waals surface area (Å²) in [6.07, 6.45) is 0.202. The zero-order chi connectivity index (χ0) is 17.0. The summed E-state index contributed by atoms with van der Waals surface area (Å²) in [5, 5.41) is 0. The minimum Gasteiger partial charge on any atom is -0.496 e. The van der Waals surface area contributed by atoms with Gasteiger partial charge in [0, 0.05) is 12.8 Å². The average molecular weight is 319 g/mol. The van der Waals surface area contributed by atoms with Crippen LogP contribution in [0.25, 0.3) is 0 Å². The number of rotatable bonds is 4. The minimum absolute atomic E-state index is 0.101. The van der Waals surface area contributed by atoms with Gasteiger partial charge in [0.1, 0.15) is 11.8 Å². The Morgan fingerprint density at radius 1 is 1.13 bits per heavy atom. The van der Waals surface area contributed by atoms with Crippen molar-refractivity contribution >= 4 is 23.6 Å². The number of nitrogens with one attached hydrogen (secondary N) is 2. The number of hydrazine groups is 1. The van der Waals surface area contributed by atoms with Crippen molar-refractivity contribution in [3.05, 3.63) is 29.8 Å². The largest absolute Gasteiger partial charge is 0.496 e. The van der Waals surface area contributed by atoms with E-state index in [2.05, 4.69) is 10.9 Å². The summed E-state index contributed by atoms with van der Waals surface area (Å²) >= 11 is 0. The molecule has 1 aromatic carbocycles. The third kappa shape index (κ3) is 3.47. The van der Waals surface area contributed by atoms with E-state index in [1.165, 1.54) is 20.1 Å². The van der Waals surface area contributed by atoms with E-state index in [9.17, 15) is 19.2 Å². The van der Waals surface area contributed by atoms with Gasteiger partial charge in [-0.1, -0.05) is 12.1 Å². The molecule has 122 valence electrons. The fraction of sp³-hybridized carbons (Fsp3) is 0.333. The SMILES string of the molecule is COc1ccccc1C(=O)NNC(=O)C(C)N1C(=O)CCC1=O. The number of para-hydroxylation sites is 1. The number of ether oxygens (including phenoxy) is 1. The maximum absolute atomic E-state index is 12.0. The Balaban J connectivity index is 1.97. The highest BCUT2D eigenvalue weighted by Crippen LogP contribution is 2.17. The van der Waals surface area contributed by atoms with E-state index in [1.807, 2.05) is 0 Å². The lowest BCUT2D eigenvalue weighted by atomic mass is 10.2. The summed E-state index contributed by atoms with van der Waals surface area (Å²) in [7, 11) is 1.43. The highest BCUT2D eigenvalue weighted by atomic mass is 16.5. The van der Waals surface area contributed by atoms with Gasteiger partial charge in [0.05, 0.1) is 12.7 Å². The van der Waals surface area contributed by atoms with Crippen LogP contribution in [0.2, 0.25) is 0 Å². The Labute approximate surface area is 132 Å². The highest BCUT2D eigenvalue weighted by Gasteiger charge is 2.36. The molecule has 1 saturated heterocycles. The lowest BCUT2D eigenvalue weighted by molar-refractivity contribution is -0.146. The Morgan fingerprint density at radius 3 is 2.35 bits per heavy atom. The van der Waals surface area contributed by atoms with Gasteiger partial charge in [-0.15, -0.1) is 0 Å². The van der Waals surface area contributed by atoms with E-state index in [-0.39, 0.29) is 18.4 Å². The summed E-state index contributed by atoms with van der Waals surface area (Å²) in [5.41, 5.74) is 4.70. The molecule has 0 aromatic heterocycles. The van der Waals surface area contributed by atoms with Crippen LogP contribution < -0.4 is 15.6 Å². The number of amides is 4. The second-order valence-corrected chi connectivity index (χ2v) is 4.98. The molecule has 1 atom stereocenters. The number of hydrogen-bond donors (Lipinski definition) is 2. The van der Waals surface area contributed by atoms with E-state index in [0.29, 0.717) is 5.75 Å². The first-order valence-corrected chi connectivity index (χ1v) is 7.03. The molecule has 1 aliphatic heterocycles. The van der Waals surface area contributed by atoms with Crippen molar-refractivity contribution in [2.75, 3.05) is 7.11 Å². The van der Waals surface area contributed by atoms with Crippen molar-refractivity contribution in [3.63, 3.8) is 0 Å². The number of carbonyl (C=O) groups is 4. The van der Waals surface area contributed by atoms with Gasteiger partial charge in [-0.2, -0.15) is 0 Å². The molecular formula is C15H17N3O5. The van der Waals surface area contributed by atoms with Gasteiger partial charge in [-0.05, 0) is 19.1 Å². The molecule has 1 unspecified atom stereocenters. The normalized spacial score (nSPS) is 15.3. The van der Waals surface area contributed by atoms with E-state index in [1.54, 1.807) is 18.2 Å². The van der Waals surface area contributed by atoms with Gasteiger partial charge in [0.15, 0.2) is 0 Å². The highest BCUT2D eigenvalue weighted by molar-refractivity contribution is 6.06. The number of imide groups is 1. The van der Waals surface area contributed by atoms with Gasteiger partial charge in [0.2, 0.25) is 11.8 Å². The van der Waals surface area contributed by atoms with Crippen LogP contribution in [-0.2, 0) is 14.4 Å². The molecule has 1 aromatic rings.